The molecule has 0 aromatic heterocycles. The highest BCUT2D eigenvalue weighted by Gasteiger charge is 2.11. The van der Waals surface area contributed by atoms with Gasteiger partial charge in [0.25, 0.3) is 0 Å². The third-order valence-corrected chi connectivity index (χ3v) is 3.09. The topological polar surface area (TPSA) is 49.7 Å². The van der Waals surface area contributed by atoms with E-state index in [1.165, 1.54) is 6.07 Å². The molecule has 3 nitrogen and oxygen atoms in total. The van der Waals surface area contributed by atoms with Crippen molar-refractivity contribution in [2.24, 2.45) is 0 Å². The minimum atomic E-state index is -0.100. The van der Waals surface area contributed by atoms with Crippen molar-refractivity contribution >= 4 is 0 Å². The second kappa shape index (κ2) is 5.00. The monoisotopic (exact) mass is 244 g/mol. The molecular weight excluding hydrogens is 228 g/mol. The van der Waals surface area contributed by atoms with Gasteiger partial charge in [0.15, 0.2) is 11.5 Å². The van der Waals surface area contributed by atoms with E-state index in [1.807, 2.05) is 31.2 Å². The van der Waals surface area contributed by atoms with Crippen LogP contribution in [0.4, 0.5) is 0 Å². The van der Waals surface area contributed by atoms with E-state index >= 15 is 0 Å². The molecule has 94 valence electrons. The zero-order chi connectivity index (χ0) is 13.1. The summed E-state index contributed by atoms with van der Waals surface area (Å²) in [5, 5.41) is 18.8. The Morgan fingerprint density at radius 3 is 2.33 bits per heavy atom. The van der Waals surface area contributed by atoms with E-state index < -0.39 is 0 Å². The van der Waals surface area contributed by atoms with Gasteiger partial charge in [-0.15, -0.1) is 0 Å². The number of benzene rings is 2. The summed E-state index contributed by atoms with van der Waals surface area (Å²) in [6.07, 6.45) is 0. The summed E-state index contributed by atoms with van der Waals surface area (Å²) in [6, 6.07) is 12.7. The average Bonchev–Trinajstić information content (AvgIpc) is 2.41. The van der Waals surface area contributed by atoms with E-state index in [-0.39, 0.29) is 17.4 Å². The fourth-order valence-electron chi connectivity index (χ4n) is 1.91. The molecule has 0 fully saturated rings. The summed E-state index contributed by atoms with van der Waals surface area (Å²) < 4.78 is 5.19. The largest absolute Gasteiger partial charge is 0.504 e. The van der Waals surface area contributed by atoms with Crippen LogP contribution < -0.4 is 4.74 Å². The van der Waals surface area contributed by atoms with Crippen molar-refractivity contribution in [3.8, 4) is 17.2 Å². The molecule has 0 bridgehead atoms. The molecule has 0 aliphatic heterocycles. The minimum absolute atomic E-state index is 0.0951. The predicted octanol–water partition coefficient (Wildman–Crippen LogP) is 3.26. The number of rotatable bonds is 3. The molecule has 2 rings (SSSR count). The lowest BCUT2D eigenvalue weighted by molar-refractivity contribution is 0.403. The molecule has 2 aromatic carbocycles. The molecule has 2 N–H and O–H groups in total. The second-order valence-corrected chi connectivity index (χ2v) is 4.25. The summed E-state index contributed by atoms with van der Waals surface area (Å²) in [7, 11) is 1.64. The van der Waals surface area contributed by atoms with Gasteiger partial charge in [0.05, 0.1) is 7.11 Å². The van der Waals surface area contributed by atoms with Crippen LogP contribution in [0.1, 0.15) is 24.0 Å². The van der Waals surface area contributed by atoms with Crippen molar-refractivity contribution in [2.45, 2.75) is 12.8 Å². The van der Waals surface area contributed by atoms with Crippen LogP contribution in [0.3, 0.4) is 0 Å². The van der Waals surface area contributed by atoms with Crippen LogP contribution in [0.2, 0.25) is 0 Å². The zero-order valence-corrected chi connectivity index (χ0v) is 10.4. The maximum Gasteiger partial charge on any atom is 0.157 e. The molecule has 0 heterocycles. The molecule has 0 spiro atoms. The highest BCUT2D eigenvalue weighted by molar-refractivity contribution is 5.44. The van der Waals surface area contributed by atoms with Crippen LogP contribution in [0.5, 0.6) is 17.2 Å². The normalized spacial score (nSPS) is 12.1. The van der Waals surface area contributed by atoms with Gasteiger partial charge < -0.3 is 14.9 Å². The first-order chi connectivity index (χ1) is 8.61. The Hall–Kier alpha value is -2.16. The molecule has 0 radical (unpaired) electrons. The molecule has 0 amide bonds. The van der Waals surface area contributed by atoms with E-state index in [2.05, 4.69) is 0 Å². The Labute approximate surface area is 106 Å². The van der Waals surface area contributed by atoms with Crippen LogP contribution in [0.25, 0.3) is 0 Å². The van der Waals surface area contributed by atoms with Gasteiger partial charge in [-0.1, -0.05) is 25.1 Å². The first kappa shape index (κ1) is 12.3. The second-order valence-electron chi connectivity index (χ2n) is 4.25. The molecule has 1 atom stereocenters. The van der Waals surface area contributed by atoms with Crippen LogP contribution in [-0.4, -0.2) is 17.3 Å². The van der Waals surface area contributed by atoms with Gasteiger partial charge in [-0.05, 0) is 35.4 Å². The maximum absolute atomic E-state index is 9.52. The zero-order valence-electron chi connectivity index (χ0n) is 10.4. The van der Waals surface area contributed by atoms with Crippen molar-refractivity contribution < 1.29 is 14.9 Å². The van der Waals surface area contributed by atoms with Gasteiger partial charge >= 0.3 is 0 Å². The van der Waals surface area contributed by atoms with Crippen molar-refractivity contribution in [1.82, 2.24) is 0 Å². The molecule has 0 saturated heterocycles. The lowest BCUT2D eigenvalue weighted by Crippen LogP contribution is -1.96. The van der Waals surface area contributed by atoms with E-state index in [1.54, 1.807) is 19.2 Å². The van der Waals surface area contributed by atoms with Crippen LogP contribution in [0, 0.1) is 0 Å². The third-order valence-electron chi connectivity index (χ3n) is 3.09. The Morgan fingerprint density at radius 1 is 0.944 bits per heavy atom. The highest BCUT2D eigenvalue weighted by Crippen LogP contribution is 2.32. The highest BCUT2D eigenvalue weighted by atomic mass is 16.5. The van der Waals surface area contributed by atoms with Gasteiger partial charge in [0.2, 0.25) is 0 Å². The summed E-state index contributed by atoms with van der Waals surface area (Å²) in [6.45, 7) is 2.04. The minimum Gasteiger partial charge on any atom is -0.504 e. The summed E-state index contributed by atoms with van der Waals surface area (Å²) in [5.74, 6) is 0.729. The van der Waals surface area contributed by atoms with Crippen LogP contribution in [0.15, 0.2) is 42.5 Å². The lowest BCUT2D eigenvalue weighted by Gasteiger charge is -2.14. The molecule has 3 heteroatoms. The van der Waals surface area contributed by atoms with Crippen molar-refractivity contribution in [3.05, 3.63) is 53.6 Å². The van der Waals surface area contributed by atoms with Crippen molar-refractivity contribution in [3.63, 3.8) is 0 Å². The van der Waals surface area contributed by atoms with E-state index in [4.69, 9.17) is 4.74 Å². The number of ether oxygens (including phenoxy) is 1. The SMILES string of the molecule is COc1cccc(C(C)c2ccc(O)c(O)c2)c1. The van der Waals surface area contributed by atoms with Crippen molar-refractivity contribution in [2.75, 3.05) is 7.11 Å². The Morgan fingerprint density at radius 2 is 1.67 bits per heavy atom. The lowest BCUT2D eigenvalue weighted by atomic mass is 9.93. The summed E-state index contributed by atoms with van der Waals surface area (Å²) in [4.78, 5) is 0. The molecule has 18 heavy (non-hydrogen) atoms. The fraction of sp³-hybridized carbons (Fsp3) is 0.200. The Kier molecular flexibility index (Phi) is 3.42. The first-order valence-corrected chi connectivity index (χ1v) is 5.77. The molecule has 2 aromatic rings. The predicted molar refractivity (Wildman–Crippen MR) is 70.3 cm³/mol. The van der Waals surface area contributed by atoms with E-state index in [0.29, 0.717) is 0 Å². The van der Waals surface area contributed by atoms with Crippen molar-refractivity contribution in [1.29, 1.82) is 0 Å². The molecule has 0 saturated carbocycles. The third kappa shape index (κ3) is 2.40. The fourth-order valence-corrected chi connectivity index (χ4v) is 1.91. The molecule has 0 aliphatic rings. The van der Waals surface area contributed by atoms with Gasteiger partial charge in [-0.25, -0.2) is 0 Å². The Balaban J connectivity index is 2.34. The van der Waals surface area contributed by atoms with Crippen LogP contribution in [-0.2, 0) is 0 Å². The van der Waals surface area contributed by atoms with Gasteiger partial charge in [-0.2, -0.15) is 0 Å². The quantitative estimate of drug-likeness (QED) is 0.815. The first-order valence-electron chi connectivity index (χ1n) is 5.77. The van der Waals surface area contributed by atoms with E-state index in [9.17, 15) is 10.2 Å². The molecular formula is C15H16O3. The molecule has 0 aliphatic carbocycles. The number of phenolic OH excluding ortho intramolecular Hbond substituents is 2. The van der Waals surface area contributed by atoms with Gasteiger partial charge in [0, 0.05) is 5.92 Å². The number of methoxy groups -OCH3 is 1. The smallest absolute Gasteiger partial charge is 0.157 e. The number of phenols is 2. The summed E-state index contributed by atoms with van der Waals surface area (Å²) >= 11 is 0. The van der Waals surface area contributed by atoms with E-state index in [0.717, 1.165) is 16.9 Å². The number of hydrogen-bond acceptors (Lipinski definition) is 3. The molecule has 1 unspecified atom stereocenters. The average molecular weight is 244 g/mol. The maximum atomic E-state index is 9.52. The van der Waals surface area contributed by atoms with Gasteiger partial charge in [0.1, 0.15) is 5.75 Å². The Bertz CT molecular complexity index is 549. The standard InChI is InChI=1S/C15H16O3/c1-10(11-4-3-5-13(8-11)18-2)12-6-7-14(16)15(17)9-12/h3-10,16-17H,1-2H3. The number of hydrogen-bond donors (Lipinski definition) is 2. The van der Waals surface area contributed by atoms with Crippen LogP contribution >= 0.6 is 0 Å². The summed E-state index contributed by atoms with van der Waals surface area (Å²) in [5.41, 5.74) is 2.04. The number of aromatic hydroxyl groups is 2. The van der Waals surface area contributed by atoms with Gasteiger partial charge in [-0.3, -0.25) is 0 Å².